The van der Waals surface area contributed by atoms with E-state index < -0.39 is 6.43 Å². The van der Waals surface area contributed by atoms with Crippen LogP contribution >= 0.6 is 0 Å². The van der Waals surface area contributed by atoms with Crippen molar-refractivity contribution in [2.24, 2.45) is 7.05 Å². The van der Waals surface area contributed by atoms with Crippen molar-refractivity contribution in [1.29, 1.82) is 5.41 Å². The number of halogens is 2. The first kappa shape index (κ1) is 25.4. The highest BCUT2D eigenvalue weighted by atomic mass is 19.3. The summed E-state index contributed by atoms with van der Waals surface area (Å²) < 4.78 is 35.6. The molecule has 2 N–H and O–H groups in total. The van der Waals surface area contributed by atoms with Crippen LogP contribution < -0.4 is 10.2 Å². The summed E-state index contributed by atoms with van der Waals surface area (Å²) in [5, 5.41) is 17.1. The number of fused-ring (bicyclic) bond motifs is 1. The molecule has 0 bridgehead atoms. The van der Waals surface area contributed by atoms with Gasteiger partial charge in [0.25, 0.3) is 6.43 Å². The van der Waals surface area contributed by atoms with Crippen LogP contribution in [0.5, 0.6) is 0 Å². The average Bonchev–Trinajstić information content (AvgIpc) is 3.34. The summed E-state index contributed by atoms with van der Waals surface area (Å²) in [7, 11) is 1.77. The molecule has 3 aliphatic rings. The van der Waals surface area contributed by atoms with E-state index in [2.05, 4.69) is 10.4 Å². The van der Waals surface area contributed by atoms with E-state index in [0.717, 1.165) is 42.5 Å². The van der Waals surface area contributed by atoms with Gasteiger partial charge in [0.15, 0.2) is 0 Å². The number of carbonyl (C=O) groups excluding carboxylic acids is 1. The van der Waals surface area contributed by atoms with Crippen LogP contribution in [0.15, 0.2) is 35.8 Å². The molecule has 1 amide bonds. The van der Waals surface area contributed by atoms with Crippen molar-refractivity contribution < 1.29 is 18.3 Å². The van der Waals surface area contributed by atoms with E-state index in [1.54, 1.807) is 42.0 Å². The number of hydrogen-bond donors (Lipinski definition) is 2. The normalized spacial score (nSPS) is 18.8. The van der Waals surface area contributed by atoms with Crippen LogP contribution in [0.4, 0.5) is 14.5 Å². The van der Waals surface area contributed by atoms with Gasteiger partial charge in [0.05, 0.1) is 12.7 Å². The van der Waals surface area contributed by atoms with Crippen molar-refractivity contribution in [3.8, 4) is 11.1 Å². The Morgan fingerprint density at radius 2 is 2.00 bits per heavy atom. The Balaban J connectivity index is 1.52. The third-order valence-electron chi connectivity index (χ3n) is 7.57. The largest absolute Gasteiger partial charge is 0.385 e. The molecule has 0 aliphatic carbocycles. The molecule has 0 radical (unpaired) electrons. The predicted octanol–water partition coefficient (Wildman–Crippen LogP) is 4.03. The molecule has 198 valence electrons. The van der Waals surface area contributed by atoms with Gasteiger partial charge < -0.3 is 19.9 Å². The molecule has 1 fully saturated rings. The molecule has 1 aromatic heterocycles. The molecular weight excluding hydrogens is 478 g/mol. The number of benzene rings is 1. The second kappa shape index (κ2) is 10.6. The van der Waals surface area contributed by atoms with Crippen molar-refractivity contribution in [2.45, 2.75) is 51.5 Å². The zero-order chi connectivity index (χ0) is 26.1. The number of nitrogens with one attached hydrogen (secondary N) is 2. The molecule has 0 spiro atoms. The number of aryl methyl sites for hydroxylation is 2. The topological polar surface area (TPSA) is 86.5 Å². The molecule has 4 heterocycles. The van der Waals surface area contributed by atoms with Gasteiger partial charge >= 0.3 is 0 Å². The third-order valence-corrected chi connectivity index (χ3v) is 7.57. The fourth-order valence-electron chi connectivity index (χ4n) is 5.53. The number of rotatable bonds is 5. The van der Waals surface area contributed by atoms with Crippen molar-refractivity contribution >= 4 is 17.4 Å². The maximum absolute atomic E-state index is 14.3. The van der Waals surface area contributed by atoms with Gasteiger partial charge in [-0.15, -0.1) is 0 Å². The summed E-state index contributed by atoms with van der Waals surface area (Å²) in [6.45, 7) is 4.44. The van der Waals surface area contributed by atoms with Gasteiger partial charge in [-0.3, -0.25) is 14.9 Å². The Morgan fingerprint density at radius 1 is 1.22 bits per heavy atom. The van der Waals surface area contributed by atoms with E-state index in [0.29, 0.717) is 56.1 Å². The van der Waals surface area contributed by atoms with Crippen molar-refractivity contribution in [1.82, 2.24) is 20.0 Å². The minimum atomic E-state index is -2.66. The molecular formula is C27H34F2N6O2. The van der Waals surface area contributed by atoms with Crippen molar-refractivity contribution in [2.75, 3.05) is 37.7 Å². The Labute approximate surface area is 215 Å². The van der Waals surface area contributed by atoms with Crippen LogP contribution in [0.1, 0.15) is 50.2 Å². The first-order valence-electron chi connectivity index (χ1n) is 12.9. The smallest absolute Gasteiger partial charge is 0.264 e. The van der Waals surface area contributed by atoms with Gasteiger partial charge in [-0.2, -0.15) is 5.10 Å². The number of nitrogens with zero attached hydrogens (tertiary/aromatic N) is 4. The highest BCUT2D eigenvalue weighted by Gasteiger charge is 2.31. The maximum atomic E-state index is 14.3. The number of ether oxygens (including phenoxy) is 1. The van der Waals surface area contributed by atoms with E-state index in [1.807, 2.05) is 11.0 Å². The number of alkyl halides is 2. The van der Waals surface area contributed by atoms with Crippen LogP contribution in [0.25, 0.3) is 11.1 Å². The van der Waals surface area contributed by atoms with Gasteiger partial charge in [0.1, 0.15) is 5.84 Å². The Kier molecular flexibility index (Phi) is 7.28. The van der Waals surface area contributed by atoms with Crippen LogP contribution in [0.3, 0.4) is 0 Å². The molecule has 10 heteroatoms. The standard InChI is InChI=1S/C27H34F2N6O2/c1-17(36)34-9-5-24(32-20-6-10-37-11-7-20)23(16-34)27(30)35-8-3-4-18-12-21(19-14-31-33(2)15-19)22(26(28)29)13-25(18)35/h12-15,20,26,30,32H,3-11,16H2,1-2H3. The lowest BCUT2D eigenvalue weighted by atomic mass is 9.92. The van der Waals surface area contributed by atoms with Crippen LogP contribution in [-0.2, 0) is 23.0 Å². The lowest BCUT2D eigenvalue weighted by molar-refractivity contribution is -0.128. The Bertz CT molecular complexity index is 1220. The minimum Gasteiger partial charge on any atom is -0.385 e. The fourth-order valence-corrected chi connectivity index (χ4v) is 5.53. The second-order valence-corrected chi connectivity index (χ2v) is 10.1. The van der Waals surface area contributed by atoms with Crippen molar-refractivity contribution in [3.63, 3.8) is 0 Å². The summed E-state index contributed by atoms with van der Waals surface area (Å²) in [4.78, 5) is 15.8. The molecule has 0 unspecified atom stereocenters. The molecule has 5 rings (SSSR count). The van der Waals surface area contributed by atoms with Crippen LogP contribution in [-0.4, -0.2) is 65.3 Å². The van der Waals surface area contributed by atoms with Gasteiger partial charge in [0.2, 0.25) is 5.91 Å². The summed E-state index contributed by atoms with van der Waals surface area (Å²) in [6.07, 6.45) is 4.67. The van der Waals surface area contributed by atoms with Crippen molar-refractivity contribution in [3.05, 3.63) is 46.9 Å². The number of amidine groups is 1. The van der Waals surface area contributed by atoms with Gasteiger partial charge in [0, 0.05) is 87.0 Å². The fraction of sp³-hybridized carbons (Fsp3) is 0.519. The molecule has 0 saturated carbocycles. The van der Waals surface area contributed by atoms with Gasteiger partial charge in [-0.05, 0) is 48.9 Å². The van der Waals surface area contributed by atoms with Gasteiger partial charge in [-0.25, -0.2) is 8.78 Å². The molecule has 37 heavy (non-hydrogen) atoms. The third kappa shape index (κ3) is 5.25. The van der Waals surface area contributed by atoms with Crippen LogP contribution in [0.2, 0.25) is 0 Å². The summed E-state index contributed by atoms with van der Waals surface area (Å²) in [5.74, 6) is 0.242. The zero-order valence-electron chi connectivity index (χ0n) is 21.4. The predicted molar refractivity (Wildman–Crippen MR) is 138 cm³/mol. The SMILES string of the molecule is CC(=O)N1CCC(NC2CCOCC2)=C(C(=N)N2CCCc3cc(-c4cnn(C)c4)c(C(F)F)cc32)C1. The molecule has 0 atom stereocenters. The lowest BCUT2D eigenvalue weighted by Crippen LogP contribution is -2.46. The Morgan fingerprint density at radius 3 is 2.68 bits per heavy atom. The first-order valence-corrected chi connectivity index (χ1v) is 12.9. The first-order chi connectivity index (χ1) is 17.8. The lowest BCUT2D eigenvalue weighted by Gasteiger charge is -2.38. The number of amides is 1. The molecule has 8 nitrogen and oxygen atoms in total. The van der Waals surface area contributed by atoms with E-state index in [9.17, 15) is 19.0 Å². The molecule has 1 aromatic carbocycles. The van der Waals surface area contributed by atoms with E-state index in [1.165, 1.54) is 0 Å². The molecule has 1 saturated heterocycles. The summed E-state index contributed by atoms with van der Waals surface area (Å²) in [5.41, 5.74) is 4.41. The monoisotopic (exact) mass is 512 g/mol. The van der Waals surface area contributed by atoms with E-state index in [-0.39, 0.29) is 23.3 Å². The molecule has 3 aliphatic heterocycles. The number of hydrogen-bond acceptors (Lipinski definition) is 5. The summed E-state index contributed by atoms with van der Waals surface area (Å²) in [6, 6.07) is 3.65. The number of aromatic nitrogens is 2. The second-order valence-electron chi connectivity index (χ2n) is 10.1. The highest BCUT2D eigenvalue weighted by Crippen LogP contribution is 2.39. The van der Waals surface area contributed by atoms with Crippen LogP contribution in [0, 0.1) is 5.41 Å². The van der Waals surface area contributed by atoms with E-state index >= 15 is 0 Å². The molecule has 2 aromatic rings. The quantitative estimate of drug-likeness (QED) is 0.467. The zero-order valence-corrected chi connectivity index (χ0v) is 21.4. The van der Waals surface area contributed by atoms with Gasteiger partial charge in [-0.1, -0.05) is 0 Å². The van der Waals surface area contributed by atoms with E-state index in [4.69, 9.17) is 4.74 Å². The minimum absolute atomic E-state index is 0.0319. The number of carbonyl (C=O) groups is 1. The average molecular weight is 513 g/mol. The maximum Gasteiger partial charge on any atom is 0.264 e. The Hall–Kier alpha value is -3.27. The number of anilines is 1. The highest BCUT2D eigenvalue weighted by molar-refractivity contribution is 6.09. The summed E-state index contributed by atoms with van der Waals surface area (Å²) >= 11 is 0.